The van der Waals surface area contributed by atoms with Gasteiger partial charge in [-0.2, -0.15) is 0 Å². The molecule has 2 heterocycles. The monoisotopic (exact) mass is 421 g/mol. The van der Waals surface area contributed by atoms with Gasteiger partial charge in [0.2, 0.25) is 0 Å². The fourth-order valence-corrected chi connectivity index (χ4v) is 5.66. The van der Waals surface area contributed by atoms with Gasteiger partial charge in [-0.15, -0.1) is 0 Å². The summed E-state index contributed by atoms with van der Waals surface area (Å²) < 4.78 is 2.44. The molecular weight excluding hydrogens is 398 g/mol. The van der Waals surface area contributed by atoms with Crippen molar-refractivity contribution in [2.24, 2.45) is 0 Å². The van der Waals surface area contributed by atoms with Gasteiger partial charge in [-0.05, 0) is 65.4 Å². The van der Waals surface area contributed by atoms with Gasteiger partial charge in [0.1, 0.15) is 0 Å². The summed E-state index contributed by atoms with van der Waals surface area (Å²) in [6.45, 7) is 4.45. The third-order valence-electron chi connectivity index (χ3n) is 7.19. The average Bonchev–Trinajstić information content (AvgIpc) is 3.37. The van der Waals surface area contributed by atoms with Crippen LogP contribution in [0.15, 0.2) is 103 Å². The van der Waals surface area contributed by atoms with Crippen molar-refractivity contribution in [3.63, 3.8) is 0 Å². The molecule has 156 valence electrons. The van der Waals surface area contributed by atoms with E-state index in [0.29, 0.717) is 0 Å². The Morgan fingerprint density at radius 2 is 1.06 bits per heavy atom. The summed E-state index contributed by atoms with van der Waals surface area (Å²) in [5.74, 6) is 0. The lowest BCUT2D eigenvalue weighted by Gasteiger charge is -2.13. The molecule has 33 heavy (non-hydrogen) atoms. The van der Waals surface area contributed by atoms with E-state index in [1.807, 2.05) is 0 Å². The van der Waals surface area contributed by atoms with Crippen LogP contribution in [-0.2, 0) is 0 Å². The molecule has 0 unspecified atom stereocenters. The molecule has 0 N–H and O–H groups in total. The van der Waals surface area contributed by atoms with Gasteiger partial charge in [-0.3, -0.25) is 0 Å². The second kappa shape index (κ2) is 6.70. The Balaban J connectivity index is 1.48. The second-order valence-corrected chi connectivity index (χ2v) is 9.13. The molecule has 0 aliphatic rings. The van der Waals surface area contributed by atoms with Crippen molar-refractivity contribution in [1.29, 1.82) is 0 Å². The summed E-state index contributed by atoms with van der Waals surface area (Å²) in [5.41, 5.74) is 11.7. The van der Waals surface area contributed by atoms with Gasteiger partial charge in [-0.1, -0.05) is 84.9 Å². The Kier molecular flexibility index (Phi) is 3.75. The van der Waals surface area contributed by atoms with Crippen LogP contribution in [0.1, 0.15) is 11.1 Å². The van der Waals surface area contributed by atoms with E-state index >= 15 is 0 Å². The normalized spacial score (nSPS) is 11.9. The number of para-hydroxylation sites is 2. The van der Waals surface area contributed by atoms with Crippen LogP contribution in [0.25, 0.3) is 60.3 Å². The van der Waals surface area contributed by atoms with E-state index in [1.165, 1.54) is 71.5 Å². The van der Waals surface area contributed by atoms with Crippen LogP contribution in [0.5, 0.6) is 0 Å². The second-order valence-electron chi connectivity index (χ2n) is 9.13. The van der Waals surface area contributed by atoms with Crippen LogP contribution < -0.4 is 0 Å². The van der Waals surface area contributed by atoms with E-state index in [0.717, 1.165) is 0 Å². The minimum atomic E-state index is 1.27. The molecule has 0 atom stereocenters. The quantitative estimate of drug-likeness (QED) is 0.263. The van der Waals surface area contributed by atoms with Gasteiger partial charge in [0.25, 0.3) is 0 Å². The molecule has 0 bridgehead atoms. The zero-order valence-corrected chi connectivity index (χ0v) is 18.8. The zero-order valence-electron chi connectivity index (χ0n) is 18.8. The van der Waals surface area contributed by atoms with Crippen molar-refractivity contribution in [3.8, 4) is 22.3 Å². The number of aromatic nitrogens is 1. The maximum atomic E-state index is 2.44. The fraction of sp³-hybridized carbons (Fsp3) is 0.0625. The zero-order chi connectivity index (χ0) is 22.1. The molecule has 0 saturated carbocycles. The van der Waals surface area contributed by atoms with Gasteiger partial charge < -0.3 is 4.40 Å². The van der Waals surface area contributed by atoms with E-state index < -0.39 is 0 Å². The molecule has 1 heteroatoms. The Labute approximate surface area is 192 Å². The Morgan fingerprint density at radius 3 is 1.85 bits per heavy atom. The molecule has 7 aromatic rings. The molecular formula is C32H23N. The predicted octanol–water partition coefficient (Wildman–Crippen LogP) is 8.79. The third-order valence-corrected chi connectivity index (χ3v) is 7.19. The van der Waals surface area contributed by atoms with Crippen molar-refractivity contribution >= 4 is 38.1 Å². The minimum absolute atomic E-state index is 1.27. The van der Waals surface area contributed by atoms with Gasteiger partial charge >= 0.3 is 0 Å². The number of nitrogens with zero attached hydrogens (tertiary/aromatic N) is 1. The highest BCUT2D eigenvalue weighted by molar-refractivity contribution is 6.23. The van der Waals surface area contributed by atoms with E-state index in [-0.39, 0.29) is 0 Å². The predicted molar refractivity (Wildman–Crippen MR) is 141 cm³/mol. The molecule has 0 fully saturated rings. The van der Waals surface area contributed by atoms with Crippen LogP contribution in [0.2, 0.25) is 0 Å². The fourth-order valence-electron chi connectivity index (χ4n) is 5.66. The summed E-state index contributed by atoms with van der Waals surface area (Å²) in [6, 6.07) is 37.8. The van der Waals surface area contributed by atoms with E-state index in [4.69, 9.17) is 0 Å². The highest BCUT2D eigenvalue weighted by Gasteiger charge is 2.17. The molecule has 0 radical (unpaired) electrons. The summed E-state index contributed by atoms with van der Waals surface area (Å²) in [4.78, 5) is 0. The van der Waals surface area contributed by atoms with E-state index in [1.54, 1.807) is 0 Å². The lowest BCUT2D eigenvalue weighted by atomic mass is 9.91. The summed E-state index contributed by atoms with van der Waals surface area (Å²) in [5, 5.41) is 5.31. The van der Waals surface area contributed by atoms with Crippen molar-refractivity contribution < 1.29 is 0 Å². The summed E-state index contributed by atoms with van der Waals surface area (Å²) in [7, 11) is 0. The van der Waals surface area contributed by atoms with Crippen LogP contribution in [0.4, 0.5) is 0 Å². The first-order valence-electron chi connectivity index (χ1n) is 11.5. The molecule has 0 amide bonds. The SMILES string of the molecule is Cc1cc(-c2ccc3c(c2)c2cccc4c5ccccc5n3c42)c(C)cc1-c1ccccc1. The Hall–Kier alpha value is -4.10. The summed E-state index contributed by atoms with van der Waals surface area (Å²) in [6.07, 6.45) is 0. The molecule has 0 aliphatic carbocycles. The van der Waals surface area contributed by atoms with E-state index in [2.05, 4.69) is 121 Å². The number of rotatable bonds is 2. The number of aryl methyl sites for hydroxylation is 2. The molecule has 0 saturated heterocycles. The number of benzene rings is 5. The number of fused-ring (bicyclic) bond motifs is 6. The lowest BCUT2D eigenvalue weighted by molar-refractivity contribution is 1.37. The largest absolute Gasteiger partial charge is 0.308 e. The Bertz CT molecular complexity index is 1820. The molecule has 7 rings (SSSR count). The molecule has 1 nitrogen and oxygen atoms in total. The molecule has 2 aromatic heterocycles. The standard InChI is InChI=1S/C32H23N/c1-20-18-28(21(2)17-27(20)22-9-4-3-5-10-22)23-15-16-31-29(19-23)26-13-8-12-25-24-11-6-7-14-30(24)33(31)32(25)26/h3-19H,1-2H3. The molecule has 5 aromatic carbocycles. The Morgan fingerprint density at radius 1 is 0.455 bits per heavy atom. The van der Waals surface area contributed by atoms with Crippen molar-refractivity contribution in [1.82, 2.24) is 4.40 Å². The first-order chi connectivity index (χ1) is 16.2. The number of hydrogen-bond donors (Lipinski definition) is 0. The van der Waals surface area contributed by atoms with Gasteiger partial charge in [0.15, 0.2) is 0 Å². The van der Waals surface area contributed by atoms with Crippen molar-refractivity contribution in [2.45, 2.75) is 13.8 Å². The van der Waals surface area contributed by atoms with Crippen LogP contribution in [0, 0.1) is 13.8 Å². The van der Waals surface area contributed by atoms with Gasteiger partial charge in [0, 0.05) is 21.5 Å². The number of hydrogen-bond acceptors (Lipinski definition) is 0. The minimum Gasteiger partial charge on any atom is -0.308 e. The summed E-state index contributed by atoms with van der Waals surface area (Å²) >= 11 is 0. The van der Waals surface area contributed by atoms with Crippen LogP contribution in [-0.4, -0.2) is 4.40 Å². The topological polar surface area (TPSA) is 4.41 Å². The maximum Gasteiger partial charge on any atom is 0.0620 e. The highest BCUT2D eigenvalue weighted by atomic mass is 14.9. The maximum absolute atomic E-state index is 2.44. The van der Waals surface area contributed by atoms with Crippen molar-refractivity contribution in [3.05, 3.63) is 114 Å². The third kappa shape index (κ3) is 2.54. The van der Waals surface area contributed by atoms with Gasteiger partial charge in [0.05, 0.1) is 16.6 Å². The van der Waals surface area contributed by atoms with Crippen LogP contribution in [0.3, 0.4) is 0 Å². The van der Waals surface area contributed by atoms with E-state index in [9.17, 15) is 0 Å². The van der Waals surface area contributed by atoms with Gasteiger partial charge in [-0.25, -0.2) is 0 Å². The first kappa shape index (κ1) is 18.5. The smallest absolute Gasteiger partial charge is 0.0620 e. The molecule has 0 spiro atoms. The average molecular weight is 422 g/mol. The lowest BCUT2D eigenvalue weighted by Crippen LogP contribution is -1.90. The molecule has 0 aliphatic heterocycles. The van der Waals surface area contributed by atoms with Crippen LogP contribution >= 0.6 is 0 Å². The first-order valence-corrected chi connectivity index (χ1v) is 11.5. The van der Waals surface area contributed by atoms with Crippen molar-refractivity contribution in [2.75, 3.05) is 0 Å². The highest BCUT2D eigenvalue weighted by Crippen LogP contribution is 2.41.